The van der Waals surface area contributed by atoms with Crippen LogP contribution < -0.4 is 10.6 Å². The van der Waals surface area contributed by atoms with E-state index in [0.717, 1.165) is 0 Å². The number of carbonyl (C=O) groups excluding carboxylic acids is 1. The van der Waals surface area contributed by atoms with Gasteiger partial charge in [0, 0.05) is 27.6 Å². The first-order chi connectivity index (χ1) is 12.0. The Morgan fingerprint density at radius 1 is 0.960 bits per heavy atom. The number of nitrogens with one attached hydrogen (secondary N) is 2. The summed E-state index contributed by atoms with van der Waals surface area (Å²) >= 11 is 11.9. The fourth-order valence-electron chi connectivity index (χ4n) is 2.17. The molecule has 0 fully saturated rings. The van der Waals surface area contributed by atoms with Crippen LogP contribution in [0.1, 0.15) is 10.5 Å². The van der Waals surface area contributed by atoms with E-state index in [2.05, 4.69) is 15.6 Å². The monoisotopic (exact) mass is 375 g/mol. The zero-order valence-electron chi connectivity index (χ0n) is 12.8. The van der Waals surface area contributed by atoms with Gasteiger partial charge in [-0.3, -0.25) is 9.78 Å². The summed E-state index contributed by atoms with van der Waals surface area (Å²) in [5, 5.41) is 6.56. The van der Waals surface area contributed by atoms with E-state index in [9.17, 15) is 9.18 Å². The van der Waals surface area contributed by atoms with Gasteiger partial charge in [-0.25, -0.2) is 4.39 Å². The highest BCUT2D eigenvalue weighted by molar-refractivity contribution is 6.35. The second-order valence-electron chi connectivity index (χ2n) is 5.15. The molecule has 0 bridgehead atoms. The molecular formula is C18H12Cl2FN3O. The maximum absolute atomic E-state index is 13.6. The summed E-state index contributed by atoms with van der Waals surface area (Å²) in [6.07, 6.45) is 1.48. The Labute approximate surface area is 153 Å². The molecule has 0 unspecified atom stereocenters. The number of benzene rings is 2. The summed E-state index contributed by atoms with van der Waals surface area (Å²) in [5.74, 6) is -1.03. The molecule has 1 heterocycles. The summed E-state index contributed by atoms with van der Waals surface area (Å²) in [5.41, 5.74) is 1.52. The molecule has 25 heavy (non-hydrogen) atoms. The highest BCUT2D eigenvalue weighted by atomic mass is 35.5. The van der Waals surface area contributed by atoms with Crippen molar-refractivity contribution in [3.05, 3.63) is 82.4 Å². The van der Waals surface area contributed by atoms with Crippen LogP contribution in [0.5, 0.6) is 0 Å². The van der Waals surface area contributed by atoms with Crippen LogP contribution in [0, 0.1) is 5.82 Å². The number of aromatic nitrogens is 1. The first kappa shape index (κ1) is 17.2. The Hall–Kier alpha value is -2.63. The van der Waals surface area contributed by atoms with Crippen LogP contribution >= 0.6 is 23.2 Å². The lowest BCUT2D eigenvalue weighted by Crippen LogP contribution is -2.14. The van der Waals surface area contributed by atoms with Gasteiger partial charge in [0.25, 0.3) is 5.91 Å². The Balaban J connectivity index is 1.79. The van der Waals surface area contributed by atoms with Crippen molar-refractivity contribution < 1.29 is 9.18 Å². The van der Waals surface area contributed by atoms with Gasteiger partial charge in [-0.2, -0.15) is 0 Å². The van der Waals surface area contributed by atoms with E-state index >= 15 is 0 Å². The number of rotatable bonds is 4. The lowest BCUT2D eigenvalue weighted by Gasteiger charge is -2.09. The molecule has 2 N–H and O–H groups in total. The number of carbonyl (C=O) groups is 1. The zero-order valence-corrected chi connectivity index (χ0v) is 14.3. The molecule has 0 atom stereocenters. The van der Waals surface area contributed by atoms with E-state index in [1.54, 1.807) is 42.5 Å². The molecule has 4 nitrogen and oxygen atoms in total. The molecule has 0 aliphatic rings. The molecule has 0 saturated heterocycles. The largest absolute Gasteiger partial charge is 0.355 e. The van der Waals surface area contributed by atoms with E-state index in [-0.39, 0.29) is 11.4 Å². The van der Waals surface area contributed by atoms with Crippen LogP contribution in [0.3, 0.4) is 0 Å². The Morgan fingerprint density at radius 3 is 2.40 bits per heavy atom. The fraction of sp³-hybridized carbons (Fsp3) is 0. The minimum Gasteiger partial charge on any atom is -0.355 e. The molecule has 0 aliphatic heterocycles. The van der Waals surface area contributed by atoms with Crippen molar-refractivity contribution in [2.45, 2.75) is 0 Å². The van der Waals surface area contributed by atoms with E-state index in [4.69, 9.17) is 23.2 Å². The molecule has 3 rings (SSSR count). The van der Waals surface area contributed by atoms with Gasteiger partial charge in [-0.1, -0.05) is 35.3 Å². The number of amides is 1. The summed E-state index contributed by atoms with van der Waals surface area (Å²) in [6.45, 7) is 0. The third-order valence-corrected chi connectivity index (χ3v) is 3.70. The predicted molar refractivity (Wildman–Crippen MR) is 98.3 cm³/mol. The number of halogens is 3. The van der Waals surface area contributed by atoms with Gasteiger partial charge in [-0.15, -0.1) is 0 Å². The summed E-state index contributed by atoms with van der Waals surface area (Å²) in [4.78, 5) is 16.3. The fourth-order valence-corrected chi connectivity index (χ4v) is 2.70. The topological polar surface area (TPSA) is 54.0 Å². The standard InChI is InChI=1S/C18H12Cl2FN3O/c19-11-7-12(20)9-14(8-11)23-13-5-6-22-17(10-13)18(25)24-16-4-2-1-3-15(16)21/h1-10H,(H,22,23)(H,24,25). The van der Waals surface area contributed by atoms with Gasteiger partial charge in [-0.05, 0) is 42.5 Å². The molecule has 0 saturated carbocycles. The second kappa shape index (κ2) is 7.51. The minimum absolute atomic E-state index is 0.0919. The Bertz CT molecular complexity index is 913. The van der Waals surface area contributed by atoms with Crippen molar-refractivity contribution in [1.82, 2.24) is 4.98 Å². The van der Waals surface area contributed by atoms with Crippen molar-refractivity contribution in [2.75, 3.05) is 10.6 Å². The number of pyridine rings is 1. The molecule has 126 valence electrons. The Kier molecular flexibility index (Phi) is 5.16. The maximum Gasteiger partial charge on any atom is 0.274 e. The normalized spacial score (nSPS) is 10.4. The first-order valence-corrected chi connectivity index (χ1v) is 8.02. The molecular weight excluding hydrogens is 364 g/mol. The number of nitrogens with zero attached hydrogens (tertiary/aromatic N) is 1. The molecule has 3 aromatic rings. The maximum atomic E-state index is 13.6. The predicted octanol–water partition coefficient (Wildman–Crippen LogP) is 5.52. The van der Waals surface area contributed by atoms with E-state index in [1.807, 2.05) is 0 Å². The van der Waals surface area contributed by atoms with Gasteiger partial charge >= 0.3 is 0 Å². The van der Waals surface area contributed by atoms with Crippen LogP contribution in [-0.4, -0.2) is 10.9 Å². The van der Waals surface area contributed by atoms with Crippen molar-refractivity contribution in [3.8, 4) is 0 Å². The third-order valence-electron chi connectivity index (χ3n) is 3.27. The molecule has 0 spiro atoms. The molecule has 0 aliphatic carbocycles. The molecule has 7 heteroatoms. The van der Waals surface area contributed by atoms with Gasteiger partial charge in [0.15, 0.2) is 0 Å². The Morgan fingerprint density at radius 2 is 1.68 bits per heavy atom. The van der Waals surface area contributed by atoms with Gasteiger partial charge in [0.2, 0.25) is 0 Å². The highest BCUT2D eigenvalue weighted by Gasteiger charge is 2.11. The number of para-hydroxylation sites is 1. The average molecular weight is 376 g/mol. The van der Waals surface area contributed by atoms with Crippen LogP contribution in [0.15, 0.2) is 60.8 Å². The molecule has 0 radical (unpaired) electrons. The smallest absolute Gasteiger partial charge is 0.274 e. The SMILES string of the molecule is O=C(Nc1ccccc1F)c1cc(Nc2cc(Cl)cc(Cl)c2)ccn1. The minimum atomic E-state index is -0.516. The number of anilines is 3. The number of hydrogen-bond donors (Lipinski definition) is 2. The lowest BCUT2D eigenvalue weighted by molar-refractivity contribution is 0.102. The van der Waals surface area contributed by atoms with Gasteiger partial charge < -0.3 is 10.6 Å². The lowest BCUT2D eigenvalue weighted by atomic mass is 10.2. The van der Waals surface area contributed by atoms with Gasteiger partial charge in [0.05, 0.1) is 5.69 Å². The quantitative estimate of drug-likeness (QED) is 0.630. The van der Waals surface area contributed by atoms with Crippen molar-refractivity contribution in [1.29, 1.82) is 0 Å². The molecule has 2 aromatic carbocycles. The van der Waals surface area contributed by atoms with E-state index in [0.29, 0.717) is 21.4 Å². The van der Waals surface area contributed by atoms with Crippen LogP contribution in [0.25, 0.3) is 0 Å². The van der Waals surface area contributed by atoms with Crippen molar-refractivity contribution in [3.63, 3.8) is 0 Å². The summed E-state index contributed by atoms with van der Waals surface area (Å²) < 4.78 is 13.6. The van der Waals surface area contributed by atoms with Crippen LogP contribution in [-0.2, 0) is 0 Å². The first-order valence-electron chi connectivity index (χ1n) is 7.26. The summed E-state index contributed by atoms with van der Waals surface area (Å²) in [7, 11) is 0. The summed E-state index contributed by atoms with van der Waals surface area (Å²) in [6, 6.07) is 14.2. The van der Waals surface area contributed by atoms with Crippen LogP contribution in [0.2, 0.25) is 10.0 Å². The second-order valence-corrected chi connectivity index (χ2v) is 6.02. The average Bonchev–Trinajstić information content (AvgIpc) is 2.56. The third kappa shape index (κ3) is 4.47. The van der Waals surface area contributed by atoms with Crippen molar-refractivity contribution >= 4 is 46.2 Å². The van der Waals surface area contributed by atoms with Crippen LogP contribution in [0.4, 0.5) is 21.5 Å². The highest BCUT2D eigenvalue weighted by Crippen LogP contribution is 2.25. The van der Waals surface area contributed by atoms with Crippen molar-refractivity contribution in [2.24, 2.45) is 0 Å². The zero-order chi connectivity index (χ0) is 17.8. The number of hydrogen-bond acceptors (Lipinski definition) is 3. The molecule has 1 amide bonds. The van der Waals surface area contributed by atoms with E-state index < -0.39 is 11.7 Å². The molecule has 1 aromatic heterocycles. The van der Waals surface area contributed by atoms with E-state index in [1.165, 1.54) is 18.3 Å². The van der Waals surface area contributed by atoms with Gasteiger partial charge in [0.1, 0.15) is 11.5 Å².